The van der Waals surface area contributed by atoms with E-state index in [1.54, 1.807) is 16.8 Å². The Kier molecular flexibility index (Phi) is 5.17. The largest absolute Gasteiger partial charge is 0.310 e. The highest BCUT2D eigenvalue weighted by atomic mass is 32.2. The maximum absolute atomic E-state index is 12.7. The van der Waals surface area contributed by atoms with Crippen molar-refractivity contribution < 1.29 is 9.72 Å². The van der Waals surface area contributed by atoms with Crippen LogP contribution in [0.2, 0.25) is 0 Å². The van der Waals surface area contributed by atoms with Crippen LogP contribution in [0.4, 0.5) is 11.5 Å². The summed E-state index contributed by atoms with van der Waals surface area (Å²) in [6.07, 6.45) is 1.81. The summed E-state index contributed by atoms with van der Waals surface area (Å²) in [6.45, 7) is 4.05. The molecular weight excluding hydrogens is 356 g/mol. The molecule has 1 aromatic carbocycles. The van der Waals surface area contributed by atoms with Crippen molar-refractivity contribution in [2.24, 2.45) is 0 Å². The smallest absolute Gasteiger partial charge is 0.270 e. The second-order valence-electron chi connectivity index (χ2n) is 6.30. The van der Waals surface area contributed by atoms with Crippen molar-refractivity contribution in [3.63, 3.8) is 0 Å². The normalized spacial score (nSPS) is 17.9. The molecule has 138 valence electrons. The number of aromatic nitrogens is 2. The Morgan fingerprint density at radius 1 is 1.35 bits per heavy atom. The third kappa shape index (κ3) is 3.39. The third-order valence-corrected chi connectivity index (χ3v) is 5.69. The summed E-state index contributed by atoms with van der Waals surface area (Å²) in [4.78, 5) is 35.2. The molecule has 2 aromatic rings. The quantitative estimate of drug-likeness (QED) is 0.615. The fraction of sp³-hybridized carbons (Fsp3) is 0.412. The highest BCUT2D eigenvalue weighted by molar-refractivity contribution is 8.00. The van der Waals surface area contributed by atoms with Gasteiger partial charge in [-0.1, -0.05) is 25.5 Å². The number of non-ortho nitro benzene ring substituents is 1. The van der Waals surface area contributed by atoms with Crippen LogP contribution in [0.1, 0.15) is 49.1 Å². The molecule has 0 saturated carbocycles. The lowest BCUT2D eigenvalue weighted by molar-refractivity contribution is -0.384. The minimum atomic E-state index is -0.462. The van der Waals surface area contributed by atoms with E-state index in [0.717, 1.165) is 18.4 Å². The molecule has 0 bridgehead atoms. The Morgan fingerprint density at radius 3 is 2.65 bits per heavy atom. The molecule has 0 fully saturated rings. The summed E-state index contributed by atoms with van der Waals surface area (Å²) >= 11 is 1.34. The molecule has 0 spiro atoms. The first-order valence-corrected chi connectivity index (χ1v) is 9.47. The average molecular weight is 376 g/mol. The number of benzene rings is 1. The summed E-state index contributed by atoms with van der Waals surface area (Å²) in [5, 5.41) is 16.2. The minimum Gasteiger partial charge on any atom is -0.310 e. The minimum absolute atomic E-state index is 0.00940. The summed E-state index contributed by atoms with van der Waals surface area (Å²) in [6, 6.07) is 6.15. The highest BCUT2D eigenvalue weighted by Gasteiger charge is 2.31. The standard InChI is InChI=1S/C17H20N4O4S/c1-3-4-10(2)20-16-14(17(23)19-20)15(26-9-13(22)18-16)11-5-7-12(8-6-11)21(24)25/h5-8,10,15H,3-4,9H2,1-2H3,(H,18,22)(H,19,23)/t10-,15+/m0/s1. The number of thioether (sulfide) groups is 1. The number of H-pyrrole nitrogens is 1. The zero-order chi connectivity index (χ0) is 18.8. The summed E-state index contributed by atoms with van der Waals surface area (Å²) in [7, 11) is 0. The molecule has 8 nitrogen and oxygen atoms in total. The molecule has 0 unspecified atom stereocenters. The Labute approximate surface area is 154 Å². The summed E-state index contributed by atoms with van der Waals surface area (Å²) in [5.41, 5.74) is 0.980. The number of carbonyl (C=O) groups excluding carboxylic acids is 1. The van der Waals surface area contributed by atoms with Crippen LogP contribution in [0.3, 0.4) is 0 Å². The number of carbonyl (C=O) groups is 1. The van der Waals surface area contributed by atoms with Crippen LogP contribution in [-0.4, -0.2) is 26.4 Å². The van der Waals surface area contributed by atoms with Gasteiger partial charge in [0.15, 0.2) is 0 Å². The van der Waals surface area contributed by atoms with Crippen molar-refractivity contribution in [1.82, 2.24) is 9.78 Å². The van der Waals surface area contributed by atoms with Gasteiger partial charge in [0.25, 0.3) is 11.2 Å². The van der Waals surface area contributed by atoms with Gasteiger partial charge in [-0.15, -0.1) is 11.8 Å². The molecule has 2 atom stereocenters. The van der Waals surface area contributed by atoms with Gasteiger partial charge in [0.05, 0.1) is 21.5 Å². The molecule has 0 radical (unpaired) electrons. The first-order valence-electron chi connectivity index (χ1n) is 8.42. The van der Waals surface area contributed by atoms with Gasteiger partial charge in [0.1, 0.15) is 5.82 Å². The van der Waals surface area contributed by atoms with Crippen LogP contribution < -0.4 is 10.9 Å². The summed E-state index contributed by atoms with van der Waals surface area (Å²) in [5.74, 6) is 0.532. The van der Waals surface area contributed by atoms with Gasteiger partial charge in [-0.05, 0) is 18.9 Å². The number of hydrogen-bond donors (Lipinski definition) is 2. The van der Waals surface area contributed by atoms with E-state index in [4.69, 9.17) is 0 Å². The van der Waals surface area contributed by atoms with Crippen LogP contribution in [0.5, 0.6) is 0 Å². The van der Waals surface area contributed by atoms with Gasteiger partial charge in [0.2, 0.25) is 5.91 Å². The van der Waals surface area contributed by atoms with Gasteiger partial charge in [-0.2, -0.15) is 0 Å². The fourth-order valence-electron chi connectivity index (χ4n) is 3.16. The maximum Gasteiger partial charge on any atom is 0.270 e. The van der Waals surface area contributed by atoms with Crippen molar-refractivity contribution >= 4 is 29.2 Å². The SMILES string of the molecule is CCC[C@H](C)n1[nH]c(=O)c2c1NC(=O)CS[C@@H]2c1ccc([N+](=O)[O-])cc1. The van der Waals surface area contributed by atoms with Gasteiger partial charge in [-0.25, -0.2) is 0 Å². The second-order valence-corrected chi connectivity index (χ2v) is 7.39. The van der Waals surface area contributed by atoms with Gasteiger partial charge < -0.3 is 5.32 Å². The van der Waals surface area contributed by atoms with Crippen molar-refractivity contribution in [3.8, 4) is 0 Å². The van der Waals surface area contributed by atoms with E-state index >= 15 is 0 Å². The second kappa shape index (κ2) is 7.36. The van der Waals surface area contributed by atoms with E-state index in [-0.39, 0.29) is 34.2 Å². The molecule has 2 heterocycles. The number of amides is 1. The monoisotopic (exact) mass is 376 g/mol. The summed E-state index contributed by atoms with van der Waals surface area (Å²) < 4.78 is 1.73. The third-order valence-electron chi connectivity index (χ3n) is 4.42. The molecule has 0 aliphatic carbocycles. The lowest BCUT2D eigenvalue weighted by Crippen LogP contribution is -2.18. The van der Waals surface area contributed by atoms with Gasteiger partial charge in [-0.3, -0.25) is 29.5 Å². The molecule has 3 rings (SSSR count). The number of rotatable bonds is 5. The first-order chi connectivity index (χ1) is 12.4. The number of nitro groups is 1. The van der Waals surface area contributed by atoms with E-state index in [1.807, 2.05) is 6.92 Å². The zero-order valence-corrected chi connectivity index (χ0v) is 15.3. The fourth-order valence-corrected chi connectivity index (χ4v) is 4.28. The van der Waals surface area contributed by atoms with Crippen LogP contribution in [0.25, 0.3) is 0 Å². The number of aromatic amines is 1. The lowest BCUT2D eigenvalue weighted by Gasteiger charge is -2.17. The van der Waals surface area contributed by atoms with Crippen LogP contribution in [0, 0.1) is 10.1 Å². The van der Waals surface area contributed by atoms with E-state index < -0.39 is 4.92 Å². The molecule has 9 heteroatoms. The predicted octanol–water partition coefficient (Wildman–Crippen LogP) is 3.22. The number of hydrogen-bond acceptors (Lipinski definition) is 5. The van der Waals surface area contributed by atoms with Gasteiger partial charge in [0, 0.05) is 18.2 Å². The molecule has 1 aliphatic rings. The van der Waals surface area contributed by atoms with Crippen molar-refractivity contribution in [2.75, 3.05) is 11.1 Å². The molecule has 1 aromatic heterocycles. The van der Waals surface area contributed by atoms with E-state index in [1.165, 1.54) is 23.9 Å². The molecule has 0 saturated heterocycles. The Bertz CT molecular complexity index is 887. The topological polar surface area (TPSA) is 110 Å². The Hall–Kier alpha value is -2.55. The molecule has 26 heavy (non-hydrogen) atoms. The number of nitro benzene ring substituents is 1. The van der Waals surface area contributed by atoms with Crippen LogP contribution >= 0.6 is 11.8 Å². The van der Waals surface area contributed by atoms with E-state index in [2.05, 4.69) is 17.3 Å². The Morgan fingerprint density at radius 2 is 2.04 bits per heavy atom. The average Bonchev–Trinajstić information content (AvgIpc) is 2.82. The van der Waals surface area contributed by atoms with Crippen molar-refractivity contribution in [2.45, 2.75) is 38.0 Å². The van der Waals surface area contributed by atoms with Crippen molar-refractivity contribution in [3.05, 3.63) is 55.9 Å². The lowest BCUT2D eigenvalue weighted by atomic mass is 10.1. The Balaban J connectivity index is 2.08. The number of nitrogens with zero attached hydrogens (tertiary/aromatic N) is 2. The predicted molar refractivity (Wildman–Crippen MR) is 101 cm³/mol. The molecule has 1 amide bonds. The van der Waals surface area contributed by atoms with Crippen molar-refractivity contribution in [1.29, 1.82) is 0 Å². The van der Waals surface area contributed by atoms with Crippen LogP contribution in [0.15, 0.2) is 29.1 Å². The number of fused-ring (bicyclic) bond motifs is 1. The number of nitrogens with one attached hydrogen (secondary N) is 2. The number of anilines is 1. The molecule has 2 N–H and O–H groups in total. The molecule has 1 aliphatic heterocycles. The molecular formula is C17H20N4O4S. The zero-order valence-electron chi connectivity index (χ0n) is 14.5. The maximum atomic E-state index is 12.7. The first kappa shape index (κ1) is 18.2. The van der Waals surface area contributed by atoms with Gasteiger partial charge >= 0.3 is 0 Å². The van der Waals surface area contributed by atoms with E-state index in [9.17, 15) is 19.7 Å². The highest BCUT2D eigenvalue weighted by Crippen LogP contribution is 2.40. The van der Waals surface area contributed by atoms with Crippen LogP contribution in [-0.2, 0) is 4.79 Å². The van der Waals surface area contributed by atoms with E-state index in [0.29, 0.717) is 11.4 Å².